The molecule has 2 aromatic rings. The molecule has 1 N–H and O–H groups in total. The van der Waals surface area contributed by atoms with E-state index in [1.54, 1.807) is 12.7 Å². The Morgan fingerprint density at radius 2 is 2.05 bits per heavy atom. The molecule has 1 saturated heterocycles. The van der Waals surface area contributed by atoms with Gasteiger partial charge in [0.2, 0.25) is 0 Å². The molecule has 3 rings (SSSR count). The first kappa shape index (κ1) is 12.3. The van der Waals surface area contributed by atoms with Crippen molar-refractivity contribution in [1.29, 1.82) is 0 Å². The summed E-state index contributed by atoms with van der Waals surface area (Å²) < 4.78 is 5.87. The zero-order chi connectivity index (χ0) is 13.2. The van der Waals surface area contributed by atoms with Crippen molar-refractivity contribution in [3.63, 3.8) is 0 Å². The first-order valence-corrected chi connectivity index (χ1v) is 6.78. The molecule has 19 heavy (non-hydrogen) atoms. The number of anilines is 1. The van der Waals surface area contributed by atoms with Crippen LogP contribution in [0.5, 0.6) is 0 Å². The minimum absolute atomic E-state index is 0.301. The maximum absolute atomic E-state index is 5.87. The molecular formula is C13H19N5O. The van der Waals surface area contributed by atoms with E-state index in [0.717, 1.165) is 42.9 Å². The van der Waals surface area contributed by atoms with Crippen LogP contribution in [-0.2, 0) is 4.74 Å². The van der Waals surface area contributed by atoms with Crippen LogP contribution in [0.4, 0.5) is 5.82 Å². The van der Waals surface area contributed by atoms with Crippen LogP contribution in [0, 0.1) is 0 Å². The van der Waals surface area contributed by atoms with Crippen LogP contribution in [0.3, 0.4) is 0 Å². The maximum Gasteiger partial charge on any atom is 0.182 e. The van der Waals surface area contributed by atoms with Crippen LogP contribution >= 0.6 is 0 Å². The van der Waals surface area contributed by atoms with Gasteiger partial charge >= 0.3 is 0 Å². The van der Waals surface area contributed by atoms with Gasteiger partial charge in [-0.3, -0.25) is 0 Å². The minimum atomic E-state index is 0.301. The summed E-state index contributed by atoms with van der Waals surface area (Å²) in [6.45, 7) is 6.10. The van der Waals surface area contributed by atoms with Gasteiger partial charge in [0.15, 0.2) is 11.5 Å². The molecule has 102 valence electrons. The van der Waals surface area contributed by atoms with Gasteiger partial charge in [-0.2, -0.15) is 0 Å². The van der Waals surface area contributed by atoms with Crippen molar-refractivity contribution in [2.75, 3.05) is 18.0 Å². The predicted molar refractivity (Wildman–Crippen MR) is 73.1 cm³/mol. The Kier molecular flexibility index (Phi) is 3.33. The molecule has 2 aromatic heterocycles. The second-order valence-corrected chi connectivity index (χ2v) is 5.17. The second kappa shape index (κ2) is 5.13. The molecular weight excluding hydrogens is 242 g/mol. The van der Waals surface area contributed by atoms with E-state index in [9.17, 15) is 0 Å². The van der Waals surface area contributed by atoms with E-state index in [2.05, 4.69) is 38.7 Å². The van der Waals surface area contributed by atoms with E-state index in [4.69, 9.17) is 4.74 Å². The second-order valence-electron chi connectivity index (χ2n) is 5.17. The number of imidazole rings is 1. The number of nitrogens with zero attached hydrogens (tertiary/aromatic N) is 4. The third-order valence-electron chi connectivity index (χ3n) is 3.41. The summed E-state index contributed by atoms with van der Waals surface area (Å²) in [6.07, 6.45) is 5.99. The highest BCUT2D eigenvalue weighted by Gasteiger charge is 2.23. The van der Waals surface area contributed by atoms with Gasteiger partial charge in [-0.25, -0.2) is 15.0 Å². The highest BCUT2D eigenvalue weighted by molar-refractivity contribution is 5.82. The number of hydrogen-bond acceptors (Lipinski definition) is 5. The van der Waals surface area contributed by atoms with Gasteiger partial charge in [0, 0.05) is 13.1 Å². The van der Waals surface area contributed by atoms with E-state index in [-0.39, 0.29) is 0 Å². The predicted octanol–water partition coefficient (Wildman–Crippen LogP) is 1.75. The first-order chi connectivity index (χ1) is 9.24. The molecule has 0 saturated carbocycles. The van der Waals surface area contributed by atoms with Crippen molar-refractivity contribution in [1.82, 2.24) is 19.9 Å². The van der Waals surface area contributed by atoms with Gasteiger partial charge in [0.1, 0.15) is 11.8 Å². The summed E-state index contributed by atoms with van der Waals surface area (Å²) in [5.41, 5.74) is 1.65. The van der Waals surface area contributed by atoms with Crippen molar-refractivity contribution in [3.8, 4) is 0 Å². The lowest BCUT2D eigenvalue weighted by Crippen LogP contribution is -2.38. The highest BCUT2D eigenvalue weighted by Crippen LogP contribution is 2.24. The minimum Gasteiger partial charge on any atom is -0.375 e. The number of nitrogens with one attached hydrogen (secondary N) is 1. The lowest BCUT2D eigenvalue weighted by molar-refractivity contribution is -0.00482. The molecule has 0 spiro atoms. The zero-order valence-electron chi connectivity index (χ0n) is 11.3. The molecule has 1 fully saturated rings. The largest absolute Gasteiger partial charge is 0.375 e. The van der Waals surface area contributed by atoms with Gasteiger partial charge in [-0.1, -0.05) is 0 Å². The Morgan fingerprint density at radius 1 is 1.26 bits per heavy atom. The standard InChI is InChI=1S/C13H19N5O/c1-9(2)19-10-3-5-18(6-4-10)13-11-12(15-7-14-11)16-8-17-13/h7-10H,3-6H2,1-2H3,(H,14,15,16,17). The van der Waals surface area contributed by atoms with Crippen molar-refractivity contribution in [2.45, 2.75) is 38.9 Å². The maximum atomic E-state index is 5.87. The van der Waals surface area contributed by atoms with E-state index in [1.165, 1.54) is 0 Å². The smallest absolute Gasteiger partial charge is 0.182 e. The van der Waals surface area contributed by atoms with E-state index in [1.807, 2.05) is 0 Å². The first-order valence-electron chi connectivity index (χ1n) is 6.78. The lowest BCUT2D eigenvalue weighted by atomic mass is 10.1. The highest BCUT2D eigenvalue weighted by atomic mass is 16.5. The fraction of sp³-hybridized carbons (Fsp3) is 0.615. The molecule has 0 aliphatic carbocycles. The van der Waals surface area contributed by atoms with E-state index < -0.39 is 0 Å². The SMILES string of the molecule is CC(C)OC1CCN(c2ncnc3nc[nH]c23)CC1. The Bertz CT molecular complexity index is 545. The number of ether oxygens (including phenoxy) is 1. The average Bonchev–Trinajstić information content (AvgIpc) is 2.87. The van der Waals surface area contributed by atoms with Gasteiger partial charge in [-0.15, -0.1) is 0 Å². The summed E-state index contributed by atoms with van der Waals surface area (Å²) in [7, 11) is 0. The quantitative estimate of drug-likeness (QED) is 0.911. The fourth-order valence-corrected chi connectivity index (χ4v) is 2.58. The summed E-state index contributed by atoms with van der Waals surface area (Å²) >= 11 is 0. The topological polar surface area (TPSA) is 66.9 Å². The van der Waals surface area contributed by atoms with Crippen LogP contribution in [0.15, 0.2) is 12.7 Å². The number of piperidine rings is 1. The number of hydrogen-bond donors (Lipinski definition) is 1. The van der Waals surface area contributed by atoms with E-state index in [0.29, 0.717) is 12.2 Å². The van der Waals surface area contributed by atoms with Crippen molar-refractivity contribution < 1.29 is 4.74 Å². The molecule has 0 radical (unpaired) electrons. The monoisotopic (exact) mass is 261 g/mol. The van der Waals surface area contributed by atoms with Crippen LogP contribution < -0.4 is 4.90 Å². The average molecular weight is 261 g/mol. The fourth-order valence-electron chi connectivity index (χ4n) is 2.58. The molecule has 3 heterocycles. The molecule has 0 amide bonds. The third kappa shape index (κ3) is 2.53. The molecule has 0 atom stereocenters. The summed E-state index contributed by atoms with van der Waals surface area (Å²) in [4.78, 5) is 18.1. The van der Waals surface area contributed by atoms with Gasteiger partial charge < -0.3 is 14.6 Å². The number of aromatic amines is 1. The summed E-state index contributed by atoms with van der Waals surface area (Å²) in [5, 5.41) is 0. The summed E-state index contributed by atoms with van der Waals surface area (Å²) in [6, 6.07) is 0. The Hall–Kier alpha value is -1.69. The van der Waals surface area contributed by atoms with Crippen LogP contribution in [0.25, 0.3) is 11.2 Å². The number of rotatable bonds is 3. The Labute approximate surface area is 112 Å². The van der Waals surface area contributed by atoms with Crippen LogP contribution in [0.2, 0.25) is 0 Å². The van der Waals surface area contributed by atoms with Gasteiger partial charge in [-0.05, 0) is 26.7 Å². The van der Waals surface area contributed by atoms with Gasteiger partial charge in [0.25, 0.3) is 0 Å². The number of aromatic nitrogens is 4. The Balaban J connectivity index is 1.73. The molecule has 6 heteroatoms. The zero-order valence-corrected chi connectivity index (χ0v) is 11.3. The van der Waals surface area contributed by atoms with Crippen LogP contribution in [0.1, 0.15) is 26.7 Å². The molecule has 1 aliphatic heterocycles. The van der Waals surface area contributed by atoms with Crippen molar-refractivity contribution in [2.24, 2.45) is 0 Å². The molecule has 1 aliphatic rings. The lowest BCUT2D eigenvalue weighted by Gasteiger charge is -2.33. The Morgan fingerprint density at radius 3 is 2.79 bits per heavy atom. The number of fused-ring (bicyclic) bond motifs is 1. The van der Waals surface area contributed by atoms with Crippen molar-refractivity contribution in [3.05, 3.63) is 12.7 Å². The van der Waals surface area contributed by atoms with E-state index >= 15 is 0 Å². The van der Waals surface area contributed by atoms with Crippen LogP contribution in [-0.4, -0.2) is 45.2 Å². The molecule has 0 unspecified atom stereocenters. The van der Waals surface area contributed by atoms with Crippen molar-refractivity contribution >= 4 is 17.0 Å². The molecule has 0 bridgehead atoms. The number of H-pyrrole nitrogens is 1. The van der Waals surface area contributed by atoms with Gasteiger partial charge in [0.05, 0.1) is 18.5 Å². The molecule has 6 nitrogen and oxygen atoms in total. The summed E-state index contributed by atoms with van der Waals surface area (Å²) in [5.74, 6) is 0.950. The normalized spacial score (nSPS) is 17.5. The third-order valence-corrected chi connectivity index (χ3v) is 3.41. The molecule has 0 aromatic carbocycles.